The van der Waals surface area contributed by atoms with Crippen LogP contribution in [0.2, 0.25) is 0 Å². The van der Waals surface area contributed by atoms with Crippen LogP contribution in [0.1, 0.15) is 45.4 Å². The van der Waals surface area contributed by atoms with Crippen molar-refractivity contribution in [2.45, 2.75) is 57.0 Å². The molecule has 0 radical (unpaired) electrons. The Morgan fingerprint density at radius 3 is 2.80 bits per heavy atom. The lowest BCUT2D eigenvalue weighted by Gasteiger charge is -2.38. The van der Waals surface area contributed by atoms with Crippen LogP contribution in [0.4, 0.5) is 11.4 Å². The molecule has 2 atom stereocenters. The smallest absolute Gasteiger partial charge is 0.326 e. The highest BCUT2D eigenvalue weighted by atomic mass is 16.5. The molecule has 1 aromatic carbocycles. The Morgan fingerprint density at radius 2 is 2.16 bits per heavy atom. The number of hydrogen-bond donors (Lipinski definition) is 2. The second kappa shape index (κ2) is 7.65. The Kier molecular flexibility index (Phi) is 5.52. The molecule has 3 N–H and O–H groups in total. The van der Waals surface area contributed by atoms with E-state index in [1.165, 1.54) is 20.0 Å². The van der Waals surface area contributed by atoms with E-state index in [-0.39, 0.29) is 11.5 Å². The number of rotatable bonds is 7. The molecule has 138 valence electrons. The van der Waals surface area contributed by atoms with Crippen molar-refractivity contribution in [3.63, 3.8) is 0 Å². The third-order valence-corrected chi connectivity index (χ3v) is 5.83. The largest absolute Gasteiger partial charge is 0.468 e. The molecule has 1 aromatic rings. The summed E-state index contributed by atoms with van der Waals surface area (Å²) in [4.78, 5) is 14.9. The number of nitrogens with two attached hydrogens (primary N) is 1. The molecular formula is C20H31N3O2. The Bertz CT molecular complexity index is 598. The minimum absolute atomic E-state index is 0.0316. The van der Waals surface area contributed by atoms with Crippen molar-refractivity contribution in [3.8, 4) is 0 Å². The lowest BCUT2D eigenvalue weighted by atomic mass is 9.99. The van der Waals surface area contributed by atoms with Gasteiger partial charge in [-0.05, 0) is 49.8 Å². The summed E-state index contributed by atoms with van der Waals surface area (Å²) in [5, 5.41) is 3.58. The fraction of sp³-hybridized carbons (Fsp3) is 0.650. The number of piperidine rings is 1. The number of likely N-dealkylation sites (tertiary alicyclic amines) is 1. The van der Waals surface area contributed by atoms with Crippen LogP contribution in [0.25, 0.3) is 0 Å². The normalized spacial score (nSPS) is 27.0. The Balaban J connectivity index is 1.57. The summed E-state index contributed by atoms with van der Waals surface area (Å²) in [6.45, 7) is 4.09. The molecule has 0 spiro atoms. The maximum absolute atomic E-state index is 12.5. The molecule has 1 heterocycles. The summed E-state index contributed by atoms with van der Waals surface area (Å²) < 4.78 is 5.17. The van der Waals surface area contributed by atoms with Crippen LogP contribution in [-0.4, -0.2) is 42.6 Å². The van der Waals surface area contributed by atoms with E-state index >= 15 is 0 Å². The van der Waals surface area contributed by atoms with Gasteiger partial charge >= 0.3 is 5.97 Å². The number of anilines is 2. The quantitative estimate of drug-likeness (QED) is 0.586. The zero-order chi connectivity index (χ0) is 17.9. The number of nitrogens with one attached hydrogen (secondary N) is 1. The lowest BCUT2D eigenvalue weighted by Crippen LogP contribution is -2.51. The summed E-state index contributed by atoms with van der Waals surface area (Å²) in [6, 6.07) is 8.34. The molecule has 0 bridgehead atoms. The van der Waals surface area contributed by atoms with Crippen molar-refractivity contribution >= 4 is 17.3 Å². The average molecular weight is 345 g/mol. The zero-order valence-electron chi connectivity index (χ0n) is 15.5. The molecule has 2 fully saturated rings. The van der Waals surface area contributed by atoms with Gasteiger partial charge in [0.15, 0.2) is 0 Å². The molecule has 2 unspecified atom stereocenters. The first kappa shape index (κ1) is 18.1. The number of methoxy groups -OCH3 is 1. The second-order valence-corrected chi connectivity index (χ2v) is 7.49. The van der Waals surface area contributed by atoms with Crippen molar-refractivity contribution in [1.29, 1.82) is 0 Å². The summed E-state index contributed by atoms with van der Waals surface area (Å²) in [7, 11) is 1.52. The third-order valence-electron chi connectivity index (χ3n) is 5.83. The van der Waals surface area contributed by atoms with E-state index in [4.69, 9.17) is 10.5 Å². The SMILES string of the molecule is CCCCC1CC1(C(=O)OC)N1CCC(Nc2cccc(N)c2)CC1. The predicted molar refractivity (Wildman–Crippen MR) is 101 cm³/mol. The minimum atomic E-state index is -0.341. The van der Waals surface area contributed by atoms with Crippen LogP contribution >= 0.6 is 0 Å². The number of unbranched alkanes of at least 4 members (excludes halogenated alkanes) is 1. The lowest BCUT2D eigenvalue weighted by molar-refractivity contribution is -0.150. The van der Waals surface area contributed by atoms with Crippen molar-refractivity contribution < 1.29 is 9.53 Å². The van der Waals surface area contributed by atoms with Gasteiger partial charge in [-0.1, -0.05) is 25.8 Å². The van der Waals surface area contributed by atoms with Crippen LogP contribution in [0.3, 0.4) is 0 Å². The molecule has 2 aliphatic rings. The number of nitrogens with zero attached hydrogens (tertiary/aromatic N) is 1. The van der Waals surface area contributed by atoms with Crippen LogP contribution < -0.4 is 11.1 Å². The maximum Gasteiger partial charge on any atom is 0.326 e. The van der Waals surface area contributed by atoms with Gasteiger partial charge in [-0.2, -0.15) is 0 Å². The Hall–Kier alpha value is -1.75. The topological polar surface area (TPSA) is 67.6 Å². The number of esters is 1. The molecule has 1 aliphatic carbocycles. The first-order valence-corrected chi connectivity index (χ1v) is 9.55. The average Bonchev–Trinajstić information content (AvgIpc) is 3.35. The Morgan fingerprint density at radius 1 is 1.40 bits per heavy atom. The van der Waals surface area contributed by atoms with E-state index < -0.39 is 0 Å². The maximum atomic E-state index is 12.5. The standard InChI is InChI=1S/C20H31N3O2/c1-3-4-6-15-14-20(15,19(24)25-2)23-11-9-17(10-12-23)22-18-8-5-7-16(21)13-18/h5,7-8,13,15,17,22H,3-4,6,9-12,14,21H2,1-2H3. The predicted octanol–water partition coefficient (Wildman–Crippen LogP) is 3.27. The molecule has 3 rings (SSSR count). The summed E-state index contributed by atoms with van der Waals surface area (Å²) >= 11 is 0. The van der Waals surface area contributed by atoms with Gasteiger partial charge in [0.1, 0.15) is 5.54 Å². The first-order valence-electron chi connectivity index (χ1n) is 9.55. The van der Waals surface area contributed by atoms with Crippen LogP contribution in [0.5, 0.6) is 0 Å². The number of carbonyl (C=O) groups is 1. The van der Waals surface area contributed by atoms with Gasteiger partial charge < -0.3 is 15.8 Å². The molecule has 1 saturated heterocycles. The van der Waals surface area contributed by atoms with E-state index in [1.807, 2.05) is 18.2 Å². The molecule has 0 aromatic heterocycles. The highest BCUT2D eigenvalue weighted by Crippen LogP contribution is 2.53. The van der Waals surface area contributed by atoms with Gasteiger partial charge in [-0.15, -0.1) is 0 Å². The molecule has 1 saturated carbocycles. The molecule has 1 aliphatic heterocycles. The van der Waals surface area contributed by atoms with Crippen molar-refractivity contribution in [3.05, 3.63) is 24.3 Å². The molecule has 0 amide bonds. The summed E-state index contributed by atoms with van der Waals surface area (Å²) in [5.41, 5.74) is 7.37. The van der Waals surface area contributed by atoms with E-state index in [0.717, 1.165) is 50.1 Å². The van der Waals surface area contributed by atoms with E-state index in [0.29, 0.717) is 12.0 Å². The third kappa shape index (κ3) is 3.76. The van der Waals surface area contributed by atoms with Gasteiger partial charge in [-0.3, -0.25) is 9.69 Å². The fourth-order valence-corrected chi connectivity index (χ4v) is 4.34. The van der Waals surface area contributed by atoms with Crippen LogP contribution in [0.15, 0.2) is 24.3 Å². The van der Waals surface area contributed by atoms with Crippen molar-refractivity contribution in [1.82, 2.24) is 4.90 Å². The van der Waals surface area contributed by atoms with E-state index in [9.17, 15) is 4.79 Å². The highest BCUT2D eigenvalue weighted by molar-refractivity contribution is 5.85. The fourth-order valence-electron chi connectivity index (χ4n) is 4.34. The number of nitrogen functional groups attached to an aromatic ring is 1. The minimum Gasteiger partial charge on any atom is -0.468 e. The number of carbonyl (C=O) groups excluding carboxylic acids is 1. The highest BCUT2D eigenvalue weighted by Gasteiger charge is 2.64. The number of benzene rings is 1. The number of ether oxygens (including phenoxy) is 1. The Labute approximate surface area is 150 Å². The second-order valence-electron chi connectivity index (χ2n) is 7.49. The van der Waals surface area contributed by atoms with Gasteiger partial charge in [0, 0.05) is 30.5 Å². The van der Waals surface area contributed by atoms with Gasteiger partial charge in [0.25, 0.3) is 0 Å². The molecular weight excluding hydrogens is 314 g/mol. The summed E-state index contributed by atoms with van der Waals surface area (Å²) in [6.07, 6.45) is 6.54. The monoisotopic (exact) mass is 345 g/mol. The van der Waals surface area contributed by atoms with Gasteiger partial charge in [-0.25, -0.2) is 0 Å². The van der Waals surface area contributed by atoms with Crippen molar-refractivity contribution in [2.24, 2.45) is 5.92 Å². The van der Waals surface area contributed by atoms with Crippen molar-refractivity contribution in [2.75, 3.05) is 31.2 Å². The molecule has 5 nitrogen and oxygen atoms in total. The molecule has 5 heteroatoms. The number of hydrogen-bond acceptors (Lipinski definition) is 5. The van der Waals surface area contributed by atoms with E-state index in [1.54, 1.807) is 0 Å². The van der Waals surface area contributed by atoms with Crippen LogP contribution in [0, 0.1) is 5.92 Å². The summed E-state index contributed by atoms with van der Waals surface area (Å²) in [5.74, 6) is 0.439. The van der Waals surface area contributed by atoms with E-state index in [2.05, 4.69) is 23.2 Å². The van der Waals surface area contributed by atoms with Crippen LogP contribution in [-0.2, 0) is 9.53 Å². The van der Waals surface area contributed by atoms with Gasteiger partial charge in [0.2, 0.25) is 0 Å². The zero-order valence-corrected chi connectivity index (χ0v) is 15.5. The van der Waals surface area contributed by atoms with Gasteiger partial charge in [0.05, 0.1) is 7.11 Å². The first-order chi connectivity index (χ1) is 12.1. The molecule has 25 heavy (non-hydrogen) atoms.